The van der Waals surface area contributed by atoms with Crippen molar-refractivity contribution in [2.75, 3.05) is 5.43 Å². The van der Waals surface area contributed by atoms with Crippen LogP contribution in [0.25, 0.3) is 0 Å². The lowest BCUT2D eigenvalue weighted by molar-refractivity contribution is -0.312. The minimum Gasteiger partial charge on any atom is -0.319 e. The van der Waals surface area contributed by atoms with Gasteiger partial charge in [-0.15, -0.1) is 0 Å². The third-order valence-electron chi connectivity index (χ3n) is 3.71. The van der Waals surface area contributed by atoms with Gasteiger partial charge in [0.05, 0.1) is 0 Å². The van der Waals surface area contributed by atoms with Crippen LogP contribution in [0.5, 0.6) is 0 Å². The van der Waals surface area contributed by atoms with Crippen LogP contribution in [-0.2, 0) is 0 Å². The number of hydrogen-bond donors (Lipinski definition) is 3. The van der Waals surface area contributed by atoms with Crippen molar-refractivity contribution in [1.82, 2.24) is 10.7 Å². The zero-order chi connectivity index (χ0) is 20.3. The average Bonchev–Trinajstić information content (AvgIpc) is 2.57. The molecule has 4 nitrogen and oxygen atoms in total. The summed E-state index contributed by atoms with van der Waals surface area (Å²) >= 11 is 0. The number of carbonyl (C=O) groups is 1. The van der Waals surface area contributed by atoms with Crippen LogP contribution in [-0.4, -0.2) is 23.9 Å². The van der Waals surface area contributed by atoms with Crippen molar-refractivity contribution in [1.29, 1.82) is 0 Å². The van der Waals surface area contributed by atoms with E-state index in [1.165, 1.54) is 60.9 Å². The first-order valence-corrected chi connectivity index (χ1v) is 7.58. The van der Waals surface area contributed by atoms with E-state index >= 15 is 0 Å². The van der Waals surface area contributed by atoms with Gasteiger partial charge in [0.1, 0.15) is 0 Å². The highest BCUT2D eigenvalue weighted by Crippen LogP contribution is 2.41. The Morgan fingerprint density at radius 2 is 1.33 bits per heavy atom. The topological polar surface area (TPSA) is 53.2 Å². The Hall–Kier alpha value is -2.75. The van der Waals surface area contributed by atoms with Gasteiger partial charge in [0.2, 0.25) is 0 Å². The molecule has 0 bridgehead atoms. The summed E-state index contributed by atoms with van der Waals surface area (Å²) in [6, 6.07) is 12.2. The molecule has 0 fully saturated rings. The number of anilines is 1. The highest BCUT2D eigenvalue weighted by Gasteiger charge is 2.72. The van der Waals surface area contributed by atoms with Gasteiger partial charge in [-0.25, -0.2) is 0 Å². The molecule has 0 saturated heterocycles. The summed E-state index contributed by atoms with van der Waals surface area (Å²) < 4.78 is 81.1. The summed E-state index contributed by atoms with van der Waals surface area (Å²) in [5.74, 6) is -1.52. The van der Waals surface area contributed by atoms with Crippen molar-refractivity contribution in [3.05, 3.63) is 65.7 Å². The SMILES string of the molecule is Cc1ccccc1C(=O)NC(NNc1ccccc1)(C(F)(F)F)C(F)(F)F. The van der Waals surface area contributed by atoms with Crippen LogP contribution in [0.1, 0.15) is 15.9 Å². The lowest BCUT2D eigenvalue weighted by Crippen LogP contribution is -2.76. The maximum Gasteiger partial charge on any atom is 0.436 e. The molecule has 0 aliphatic carbocycles. The van der Waals surface area contributed by atoms with Crippen molar-refractivity contribution in [3.8, 4) is 0 Å². The molecule has 0 aliphatic heterocycles. The minimum absolute atomic E-state index is 0.0551. The molecule has 27 heavy (non-hydrogen) atoms. The van der Waals surface area contributed by atoms with Crippen molar-refractivity contribution in [3.63, 3.8) is 0 Å². The van der Waals surface area contributed by atoms with Crippen molar-refractivity contribution < 1.29 is 31.1 Å². The molecule has 2 aromatic rings. The molecule has 2 aromatic carbocycles. The first-order chi connectivity index (χ1) is 12.5. The molecule has 10 heteroatoms. The Bertz CT molecular complexity index is 775. The number of para-hydroxylation sites is 1. The van der Waals surface area contributed by atoms with E-state index in [9.17, 15) is 31.1 Å². The van der Waals surface area contributed by atoms with Gasteiger partial charge in [-0.05, 0) is 30.7 Å². The summed E-state index contributed by atoms with van der Waals surface area (Å²) in [6.07, 6.45) is -11.8. The highest BCUT2D eigenvalue weighted by atomic mass is 19.4. The lowest BCUT2D eigenvalue weighted by atomic mass is 10.1. The van der Waals surface area contributed by atoms with E-state index in [-0.39, 0.29) is 16.8 Å². The Morgan fingerprint density at radius 1 is 0.815 bits per heavy atom. The standard InChI is InChI=1S/C17H15F6N3O/c1-11-7-5-6-10-13(11)14(27)24-15(16(18,19)20,17(21,22)23)26-25-12-8-3-2-4-9-12/h2-10,25-26H,1H3,(H,24,27). The zero-order valence-corrected chi connectivity index (χ0v) is 13.9. The van der Waals surface area contributed by atoms with Gasteiger partial charge in [-0.3, -0.25) is 4.79 Å². The largest absolute Gasteiger partial charge is 0.436 e. The third-order valence-corrected chi connectivity index (χ3v) is 3.71. The molecule has 0 unspecified atom stereocenters. The van der Waals surface area contributed by atoms with Crippen LogP contribution in [0, 0.1) is 6.92 Å². The monoisotopic (exact) mass is 391 g/mol. The van der Waals surface area contributed by atoms with Crippen LogP contribution < -0.4 is 16.2 Å². The molecule has 0 aromatic heterocycles. The van der Waals surface area contributed by atoms with Crippen LogP contribution in [0.15, 0.2) is 54.6 Å². The number of aryl methyl sites for hydroxylation is 1. The number of amides is 1. The number of alkyl halides is 6. The Morgan fingerprint density at radius 3 is 1.85 bits per heavy atom. The number of carbonyl (C=O) groups excluding carboxylic acids is 1. The molecule has 0 aliphatic rings. The maximum absolute atomic E-state index is 13.5. The molecular weight excluding hydrogens is 376 g/mol. The van der Waals surface area contributed by atoms with E-state index < -0.39 is 23.9 Å². The number of halogens is 6. The second-order valence-electron chi connectivity index (χ2n) is 5.63. The number of hydrazine groups is 1. The summed E-state index contributed by atoms with van der Waals surface area (Å²) in [7, 11) is 0. The Balaban J connectivity index is 2.42. The van der Waals surface area contributed by atoms with Gasteiger partial charge < -0.3 is 10.7 Å². The Kier molecular flexibility index (Phi) is 5.69. The summed E-state index contributed by atoms with van der Waals surface area (Å²) in [4.78, 5) is 12.2. The van der Waals surface area contributed by atoms with E-state index in [1.807, 2.05) is 5.43 Å². The maximum atomic E-state index is 13.5. The predicted octanol–water partition coefficient (Wildman–Crippen LogP) is 4.16. The first-order valence-electron chi connectivity index (χ1n) is 7.58. The molecule has 0 atom stereocenters. The van der Waals surface area contributed by atoms with Crippen molar-refractivity contribution in [2.45, 2.75) is 24.9 Å². The number of nitrogens with one attached hydrogen (secondary N) is 3. The van der Waals surface area contributed by atoms with E-state index in [4.69, 9.17) is 0 Å². The second-order valence-corrected chi connectivity index (χ2v) is 5.63. The molecule has 1 amide bonds. The molecule has 2 rings (SSSR count). The fourth-order valence-electron chi connectivity index (χ4n) is 2.23. The van der Waals surface area contributed by atoms with Gasteiger partial charge in [0, 0.05) is 11.3 Å². The van der Waals surface area contributed by atoms with Gasteiger partial charge in [0.25, 0.3) is 5.91 Å². The van der Waals surface area contributed by atoms with Crippen LogP contribution in [0.2, 0.25) is 0 Å². The summed E-state index contributed by atoms with van der Waals surface area (Å²) in [5.41, 5.74) is -1.77. The van der Waals surface area contributed by atoms with Crippen molar-refractivity contribution >= 4 is 11.6 Å². The quantitative estimate of drug-likeness (QED) is 0.408. The minimum atomic E-state index is -5.90. The smallest absolute Gasteiger partial charge is 0.319 e. The average molecular weight is 391 g/mol. The van der Waals surface area contributed by atoms with Gasteiger partial charge in [0.15, 0.2) is 0 Å². The van der Waals surface area contributed by atoms with E-state index in [1.54, 1.807) is 0 Å². The molecule has 0 heterocycles. The predicted molar refractivity (Wildman–Crippen MR) is 86.7 cm³/mol. The first kappa shape index (κ1) is 20.6. The zero-order valence-electron chi connectivity index (χ0n) is 13.9. The van der Waals surface area contributed by atoms with E-state index in [2.05, 4.69) is 0 Å². The fourth-order valence-corrected chi connectivity index (χ4v) is 2.23. The molecule has 146 valence electrons. The lowest BCUT2D eigenvalue weighted by Gasteiger charge is -2.38. The van der Waals surface area contributed by atoms with Crippen LogP contribution in [0.4, 0.5) is 32.0 Å². The van der Waals surface area contributed by atoms with E-state index in [0.29, 0.717) is 0 Å². The Labute approximate surface area is 150 Å². The second kappa shape index (κ2) is 7.47. The van der Waals surface area contributed by atoms with Gasteiger partial charge in [-0.2, -0.15) is 31.8 Å². The summed E-state index contributed by atoms with van der Waals surface area (Å²) in [6.45, 7) is 1.40. The molecule has 0 spiro atoms. The van der Waals surface area contributed by atoms with E-state index in [0.717, 1.165) is 11.4 Å². The molecule has 0 saturated carbocycles. The normalized spacial score (nSPS) is 12.6. The van der Waals surface area contributed by atoms with Gasteiger partial charge in [-0.1, -0.05) is 36.4 Å². The third kappa shape index (κ3) is 4.33. The molecular formula is C17H15F6N3O. The summed E-state index contributed by atoms with van der Waals surface area (Å²) in [5, 5.41) is 1.08. The number of hydrogen-bond acceptors (Lipinski definition) is 3. The molecule has 0 radical (unpaired) electrons. The fraction of sp³-hybridized carbons (Fsp3) is 0.235. The van der Waals surface area contributed by atoms with Gasteiger partial charge >= 0.3 is 18.0 Å². The highest BCUT2D eigenvalue weighted by molar-refractivity contribution is 5.96. The number of benzene rings is 2. The van der Waals surface area contributed by atoms with Crippen LogP contribution in [0.3, 0.4) is 0 Å². The number of rotatable bonds is 5. The van der Waals surface area contributed by atoms with Crippen LogP contribution >= 0.6 is 0 Å². The molecule has 3 N–H and O–H groups in total. The van der Waals surface area contributed by atoms with Crippen molar-refractivity contribution in [2.24, 2.45) is 0 Å².